The van der Waals surface area contributed by atoms with E-state index in [4.69, 9.17) is 4.10 Å². The van der Waals surface area contributed by atoms with Crippen LogP contribution in [0.15, 0.2) is 24.3 Å². The van der Waals surface area contributed by atoms with Crippen molar-refractivity contribution in [3.63, 3.8) is 0 Å². The second kappa shape index (κ2) is 13.0. The molecule has 1 aliphatic heterocycles. The van der Waals surface area contributed by atoms with E-state index in [1.165, 1.54) is 0 Å². The van der Waals surface area contributed by atoms with Gasteiger partial charge in [0.05, 0.1) is 5.66 Å². The van der Waals surface area contributed by atoms with Gasteiger partial charge in [-0.2, -0.15) is 4.21 Å². The summed E-state index contributed by atoms with van der Waals surface area (Å²) in [5, 5.41) is 1.08. The Hall–Kier alpha value is -3.22. The molecule has 1 saturated carbocycles. The summed E-state index contributed by atoms with van der Waals surface area (Å²) >= 11 is 0. The molecule has 2 nitrogen and oxygen atoms in total. The van der Waals surface area contributed by atoms with Crippen molar-refractivity contribution < 1.29 is 52.2 Å². The fraction of sp³-hybridized carbons (Fsp3) is 0.333. The molecule has 272 valence electrons. The third-order valence-electron chi connectivity index (χ3n) is 10.6. The van der Waals surface area contributed by atoms with Gasteiger partial charge in [-0.15, -0.1) is 0 Å². The molecule has 0 bridgehead atoms. The second-order valence-electron chi connectivity index (χ2n) is 13.8. The summed E-state index contributed by atoms with van der Waals surface area (Å²) in [5.41, 5.74) is -0.777. The zero-order chi connectivity index (χ0) is 37.6. The maximum Gasteiger partial charge on any atom is 0.268 e. The Morgan fingerprint density at radius 3 is 1.22 bits per heavy atom. The zero-order valence-corrected chi connectivity index (χ0v) is 30.0. The van der Waals surface area contributed by atoms with Gasteiger partial charge in [0.2, 0.25) is 6.35 Å². The van der Waals surface area contributed by atoms with Crippen molar-refractivity contribution in [1.82, 2.24) is 0 Å². The first kappa shape index (κ1) is 37.5. The maximum atomic E-state index is 16.1. The van der Waals surface area contributed by atoms with Gasteiger partial charge < -0.3 is 4.10 Å². The fourth-order valence-electron chi connectivity index (χ4n) is 9.17. The second-order valence-corrected chi connectivity index (χ2v) is 19.9. The largest absolute Gasteiger partial charge is 0.467 e. The van der Waals surface area contributed by atoms with E-state index in [1.54, 1.807) is 27.7 Å². The molecule has 1 heterocycles. The molecule has 1 saturated heterocycles. The molecule has 0 aromatic heterocycles. The van der Waals surface area contributed by atoms with Crippen LogP contribution in [-0.4, -0.2) is 16.2 Å². The predicted molar refractivity (Wildman–Crippen MR) is 180 cm³/mol. The average molecular weight is 760 g/mol. The molecular formula is C36H32BF10O2PS. The van der Waals surface area contributed by atoms with Gasteiger partial charge in [0.15, 0.2) is 41.4 Å². The van der Waals surface area contributed by atoms with Gasteiger partial charge in [-0.05, 0) is 76.6 Å². The van der Waals surface area contributed by atoms with Gasteiger partial charge in [-0.25, -0.2) is 43.9 Å². The van der Waals surface area contributed by atoms with Crippen LogP contribution in [0.25, 0.3) is 0 Å². The molecule has 0 spiro atoms. The van der Waals surface area contributed by atoms with Crippen molar-refractivity contribution in [1.29, 1.82) is 0 Å². The fourth-order valence-corrected chi connectivity index (χ4v) is 20.0. The Morgan fingerprint density at radius 1 is 0.549 bits per heavy atom. The lowest BCUT2D eigenvalue weighted by Crippen LogP contribution is -2.73. The molecule has 0 radical (unpaired) electrons. The van der Waals surface area contributed by atoms with Crippen LogP contribution in [0.3, 0.4) is 0 Å². The minimum atomic E-state index is -4.72. The van der Waals surface area contributed by atoms with Crippen molar-refractivity contribution in [2.45, 2.75) is 78.7 Å². The smallest absolute Gasteiger partial charge is 0.268 e. The zero-order valence-electron chi connectivity index (χ0n) is 28.3. The van der Waals surface area contributed by atoms with Crippen LogP contribution < -0.4 is 21.5 Å². The Labute approximate surface area is 291 Å². The Balaban J connectivity index is 1.87. The summed E-state index contributed by atoms with van der Waals surface area (Å²) in [6, 6.07) is 7.27. The quantitative estimate of drug-likeness (QED) is 0.0686. The monoisotopic (exact) mass is 760 g/mol. The van der Waals surface area contributed by atoms with Gasteiger partial charge >= 0.3 is 0 Å². The van der Waals surface area contributed by atoms with Gasteiger partial charge in [0.25, 0.3) is 10.7 Å². The van der Waals surface area contributed by atoms with Gasteiger partial charge in [-0.1, -0.05) is 65.0 Å². The molecule has 15 heteroatoms. The highest BCUT2D eigenvalue weighted by Crippen LogP contribution is 2.75. The van der Waals surface area contributed by atoms with E-state index in [-0.39, 0.29) is 19.3 Å². The van der Waals surface area contributed by atoms with Crippen molar-refractivity contribution in [2.24, 2.45) is 0 Å². The van der Waals surface area contributed by atoms with Crippen molar-refractivity contribution in [3.05, 3.63) is 116 Å². The van der Waals surface area contributed by atoms with Crippen LogP contribution >= 0.6 is 6.46 Å². The van der Waals surface area contributed by atoms with Crippen molar-refractivity contribution >= 4 is 45.0 Å². The van der Waals surface area contributed by atoms with E-state index in [0.29, 0.717) is 39.3 Å². The third kappa shape index (κ3) is 5.17. The Kier molecular flexibility index (Phi) is 9.58. The lowest BCUT2D eigenvalue weighted by molar-refractivity contribution is 0.375. The minimum absolute atomic E-state index is 0.0569. The predicted octanol–water partition coefficient (Wildman–Crippen LogP) is 8.58. The first-order valence-electron chi connectivity index (χ1n) is 16.2. The molecule has 2 aliphatic rings. The maximum absolute atomic E-state index is 16.1. The number of hydrogen-bond acceptors (Lipinski definition) is 2. The molecular weight excluding hydrogens is 728 g/mol. The lowest BCUT2D eigenvalue weighted by Gasteiger charge is -2.58. The number of benzene rings is 4. The van der Waals surface area contributed by atoms with E-state index in [2.05, 4.69) is 0 Å². The highest BCUT2D eigenvalue weighted by molar-refractivity contribution is 8.58. The van der Waals surface area contributed by atoms with Crippen molar-refractivity contribution in [2.75, 3.05) is 0 Å². The van der Waals surface area contributed by atoms with Crippen LogP contribution in [0.1, 0.15) is 59.1 Å². The highest BCUT2D eigenvalue weighted by Gasteiger charge is 2.70. The van der Waals surface area contributed by atoms with Crippen LogP contribution in [0.4, 0.5) is 43.9 Å². The third-order valence-corrected chi connectivity index (χ3v) is 19.4. The first-order chi connectivity index (χ1) is 23.8. The van der Waals surface area contributed by atoms with E-state index in [0.717, 1.165) is 11.1 Å². The normalized spacial score (nSPS) is 21.1. The molecule has 6 rings (SSSR count). The van der Waals surface area contributed by atoms with Gasteiger partial charge in [-0.3, -0.25) is 0 Å². The van der Waals surface area contributed by atoms with Crippen molar-refractivity contribution in [3.8, 4) is 0 Å². The van der Waals surface area contributed by atoms with Crippen LogP contribution in [0, 0.1) is 99.7 Å². The number of fused-ring (bicyclic) bond motifs is 1. The summed E-state index contributed by atoms with van der Waals surface area (Å²) in [4.78, 5) is 0. The molecule has 0 amide bonds. The summed E-state index contributed by atoms with van der Waals surface area (Å²) in [6.45, 7) is 6.98. The van der Waals surface area contributed by atoms with E-state index in [1.807, 2.05) is 38.1 Å². The number of aryl methyl sites for hydroxylation is 6. The molecule has 2 fully saturated rings. The summed E-state index contributed by atoms with van der Waals surface area (Å²) in [5.74, 6) is -27.4. The molecule has 0 N–H and O–H groups in total. The first-order valence-corrected chi connectivity index (χ1v) is 19.8. The van der Waals surface area contributed by atoms with Crippen LogP contribution in [-0.2, 0) is 14.8 Å². The van der Waals surface area contributed by atoms with Gasteiger partial charge in [0, 0.05) is 0 Å². The summed E-state index contributed by atoms with van der Waals surface area (Å²) in [7, 11) is -2.96. The Bertz CT molecular complexity index is 1950. The molecule has 0 unspecified atom stereocenters. The van der Waals surface area contributed by atoms with E-state index >= 15 is 39.3 Å². The summed E-state index contributed by atoms with van der Waals surface area (Å²) < 4.78 is 176. The summed E-state index contributed by atoms with van der Waals surface area (Å²) in [6.07, 6.45) is -4.40. The topological polar surface area (TPSA) is 26.3 Å². The number of halogens is 10. The molecule has 3 atom stereocenters. The van der Waals surface area contributed by atoms with Gasteiger partial charge in [0.1, 0.15) is 33.9 Å². The number of rotatable bonds is 4. The highest BCUT2D eigenvalue weighted by atomic mass is 32.8. The lowest BCUT2D eigenvalue weighted by atomic mass is 9.23. The SMILES string of the molecule is Cc1cc(C)c([P+]2(c3c(C)cc(C)cc3C)[C@H]3CCCC[C@@H]3[B-](c3c(F)c(F)c(F)c(F)c3F)(c3c(F)c(F)c(F)c(F)c3F)O[S@]2=O)c(C)c1. The number of hydrogen-bond donors (Lipinski definition) is 0. The average Bonchev–Trinajstić information content (AvgIpc) is 3.06. The van der Waals surface area contributed by atoms with E-state index < -0.39 is 104 Å². The molecule has 4 aromatic carbocycles. The van der Waals surface area contributed by atoms with Crippen LogP contribution in [0.5, 0.6) is 0 Å². The van der Waals surface area contributed by atoms with Crippen LogP contribution in [0.2, 0.25) is 5.82 Å². The van der Waals surface area contributed by atoms with E-state index in [9.17, 15) is 8.78 Å². The standard InChI is InChI=1S/C36H32BF10O2PS/c1-15-11-17(3)35(18(4)12-15)50(36-19(5)13-16(2)14-20(36)6)22-10-8-7-9-21(22)37(49-51(50)48,23-25(38)29(42)33(46)30(43)26(23)39)24-27(40)31(44)34(47)32(45)28(24)41/h11-14,21-22H,7-10H2,1-6H3/t21-,22-,51+/m0/s1. The molecule has 4 aromatic rings. The molecule has 51 heavy (non-hydrogen) atoms. The molecule has 1 aliphatic carbocycles. The Morgan fingerprint density at radius 2 is 0.863 bits per heavy atom. The minimum Gasteiger partial charge on any atom is -0.467 e.